The number of ether oxygens (including phenoxy) is 2. The fourth-order valence-corrected chi connectivity index (χ4v) is 4.02. The van der Waals surface area contributed by atoms with Gasteiger partial charge in [0.15, 0.2) is 5.13 Å². The summed E-state index contributed by atoms with van der Waals surface area (Å²) in [5, 5.41) is 3.46. The van der Waals surface area contributed by atoms with E-state index in [2.05, 4.69) is 15.2 Å². The van der Waals surface area contributed by atoms with Crippen LogP contribution in [0.3, 0.4) is 0 Å². The van der Waals surface area contributed by atoms with Gasteiger partial charge in [-0.05, 0) is 24.3 Å². The van der Waals surface area contributed by atoms with Crippen molar-refractivity contribution >= 4 is 38.3 Å². The minimum absolute atomic E-state index is 0.170. The van der Waals surface area contributed by atoms with Gasteiger partial charge in [0.25, 0.3) is 5.91 Å². The van der Waals surface area contributed by atoms with Crippen molar-refractivity contribution in [3.8, 4) is 5.75 Å². The first-order valence-electron chi connectivity index (χ1n) is 8.43. The highest BCUT2D eigenvalue weighted by molar-refractivity contribution is 7.23. The molecule has 0 spiro atoms. The number of rotatable bonds is 4. The molecule has 1 amide bonds. The predicted molar refractivity (Wildman–Crippen MR) is 104 cm³/mol. The first-order valence-corrected chi connectivity index (χ1v) is 9.24. The Hall–Kier alpha value is -2.64. The van der Waals surface area contributed by atoms with E-state index in [9.17, 15) is 4.79 Å². The van der Waals surface area contributed by atoms with E-state index >= 15 is 0 Å². The van der Waals surface area contributed by atoms with E-state index in [1.54, 1.807) is 19.2 Å². The summed E-state index contributed by atoms with van der Waals surface area (Å²) in [4.78, 5) is 19.3. The molecule has 2 heterocycles. The van der Waals surface area contributed by atoms with E-state index in [0.717, 1.165) is 29.0 Å². The number of carbonyl (C=O) groups excluding carboxylic acids is 1. The molecule has 4 rings (SSSR count). The number of hydrogen-bond acceptors (Lipinski definition) is 6. The fourth-order valence-electron chi connectivity index (χ4n) is 3.00. The summed E-state index contributed by atoms with van der Waals surface area (Å²) in [6, 6.07) is 13.1. The average molecular weight is 369 g/mol. The van der Waals surface area contributed by atoms with Crippen LogP contribution in [0, 0.1) is 0 Å². The lowest BCUT2D eigenvalue weighted by Gasteiger charge is -2.29. The van der Waals surface area contributed by atoms with E-state index in [1.165, 1.54) is 11.3 Å². The van der Waals surface area contributed by atoms with Crippen molar-refractivity contribution < 1.29 is 14.3 Å². The molecular formula is C19H19N3O3S. The fraction of sp³-hybridized carbons (Fsp3) is 0.263. The normalized spacial score (nSPS) is 14.4. The lowest BCUT2D eigenvalue weighted by Crippen LogP contribution is -2.36. The zero-order valence-electron chi connectivity index (χ0n) is 14.4. The minimum Gasteiger partial charge on any atom is -0.494 e. The van der Waals surface area contributed by atoms with E-state index in [4.69, 9.17) is 9.47 Å². The number of carbonyl (C=O) groups is 1. The Morgan fingerprint density at radius 1 is 1.19 bits per heavy atom. The third kappa shape index (κ3) is 3.23. The van der Waals surface area contributed by atoms with Crippen LogP contribution < -0.4 is 15.0 Å². The van der Waals surface area contributed by atoms with E-state index in [-0.39, 0.29) is 5.91 Å². The number of thiazole rings is 1. The highest BCUT2D eigenvalue weighted by atomic mass is 32.1. The van der Waals surface area contributed by atoms with Crippen molar-refractivity contribution in [1.29, 1.82) is 0 Å². The van der Waals surface area contributed by atoms with Gasteiger partial charge < -0.3 is 14.4 Å². The maximum Gasteiger partial charge on any atom is 0.257 e. The van der Waals surface area contributed by atoms with Crippen molar-refractivity contribution in [3.63, 3.8) is 0 Å². The van der Waals surface area contributed by atoms with E-state index < -0.39 is 0 Å². The SMILES string of the molecule is COc1ccc(N2CCOCC2)c2sc(NC(=O)c3ccccc3)nc12. The van der Waals surface area contributed by atoms with Gasteiger partial charge in [0, 0.05) is 18.7 Å². The number of fused-ring (bicyclic) bond motifs is 1. The van der Waals surface area contributed by atoms with Crippen LogP contribution in [0.15, 0.2) is 42.5 Å². The third-order valence-electron chi connectivity index (χ3n) is 4.31. The molecule has 0 saturated carbocycles. The van der Waals surface area contributed by atoms with Crippen LogP contribution in [0.2, 0.25) is 0 Å². The van der Waals surface area contributed by atoms with Gasteiger partial charge in [-0.1, -0.05) is 29.5 Å². The molecule has 26 heavy (non-hydrogen) atoms. The monoisotopic (exact) mass is 369 g/mol. The summed E-state index contributed by atoms with van der Waals surface area (Å²) < 4.78 is 11.9. The molecule has 0 unspecified atom stereocenters. The average Bonchev–Trinajstić information content (AvgIpc) is 3.12. The van der Waals surface area contributed by atoms with Crippen molar-refractivity contribution in [2.45, 2.75) is 0 Å². The Kier molecular flexibility index (Phi) is 4.73. The molecule has 0 aliphatic carbocycles. The number of anilines is 2. The zero-order chi connectivity index (χ0) is 17.9. The molecule has 1 fully saturated rings. The molecule has 6 nitrogen and oxygen atoms in total. The topological polar surface area (TPSA) is 63.7 Å². The minimum atomic E-state index is -0.170. The smallest absolute Gasteiger partial charge is 0.257 e. The number of morpholine rings is 1. The quantitative estimate of drug-likeness (QED) is 0.764. The van der Waals surface area contributed by atoms with Gasteiger partial charge in [-0.15, -0.1) is 0 Å². The Morgan fingerprint density at radius 2 is 1.96 bits per heavy atom. The Morgan fingerprint density at radius 3 is 2.69 bits per heavy atom. The number of nitrogens with zero attached hydrogens (tertiary/aromatic N) is 2. The largest absolute Gasteiger partial charge is 0.494 e. The van der Waals surface area contributed by atoms with Gasteiger partial charge in [-0.2, -0.15) is 0 Å². The Bertz CT molecular complexity index is 920. The van der Waals surface area contributed by atoms with Crippen LogP contribution in [-0.4, -0.2) is 44.3 Å². The molecule has 1 saturated heterocycles. The highest BCUT2D eigenvalue weighted by Crippen LogP contribution is 2.39. The van der Waals surface area contributed by atoms with Gasteiger partial charge in [-0.3, -0.25) is 10.1 Å². The first kappa shape index (κ1) is 16.8. The summed E-state index contributed by atoms with van der Waals surface area (Å²) in [6.45, 7) is 3.10. The third-order valence-corrected chi connectivity index (χ3v) is 5.31. The molecule has 7 heteroatoms. The molecule has 0 atom stereocenters. The van der Waals surface area contributed by atoms with Crippen molar-refractivity contribution in [3.05, 3.63) is 48.0 Å². The van der Waals surface area contributed by atoms with E-state index in [0.29, 0.717) is 29.7 Å². The number of nitrogens with one attached hydrogen (secondary N) is 1. The molecule has 0 radical (unpaired) electrons. The van der Waals surface area contributed by atoms with E-state index in [1.807, 2.05) is 30.3 Å². The standard InChI is InChI=1S/C19H19N3O3S/c1-24-15-8-7-14(22-9-11-25-12-10-22)17-16(15)20-19(26-17)21-18(23)13-5-3-2-4-6-13/h2-8H,9-12H2,1H3,(H,20,21,23). The lowest BCUT2D eigenvalue weighted by atomic mass is 10.2. The molecule has 1 N–H and O–H groups in total. The second-order valence-corrected chi connectivity index (χ2v) is 6.90. The van der Waals surface area contributed by atoms with Gasteiger partial charge >= 0.3 is 0 Å². The maximum absolute atomic E-state index is 12.4. The van der Waals surface area contributed by atoms with Crippen LogP contribution in [0.1, 0.15) is 10.4 Å². The van der Waals surface area contributed by atoms with Gasteiger partial charge in [0.2, 0.25) is 0 Å². The molecule has 134 valence electrons. The summed E-state index contributed by atoms with van der Waals surface area (Å²) in [5.74, 6) is 0.532. The number of hydrogen-bond donors (Lipinski definition) is 1. The zero-order valence-corrected chi connectivity index (χ0v) is 15.2. The molecule has 0 bridgehead atoms. The van der Waals surface area contributed by atoms with Crippen molar-refractivity contribution in [1.82, 2.24) is 4.98 Å². The lowest BCUT2D eigenvalue weighted by molar-refractivity contribution is 0.102. The summed E-state index contributed by atoms with van der Waals surface area (Å²) >= 11 is 1.46. The predicted octanol–water partition coefficient (Wildman–Crippen LogP) is 3.39. The molecule has 1 aliphatic heterocycles. The number of amides is 1. The van der Waals surface area contributed by atoms with Crippen LogP contribution in [0.4, 0.5) is 10.8 Å². The molecule has 1 aliphatic rings. The summed E-state index contributed by atoms with van der Waals surface area (Å²) in [6.07, 6.45) is 0. The van der Waals surface area contributed by atoms with Crippen molar-refractivity contribution in [2.75, 3.05) is 43.6 Å². The van der Waals surface area contributed by atoms with Crippen LogP contribution in [-0.2, 0) is 4.74 Å². The highest BCUT2D eigenvalue weighted by Gasteiger charge is 2.20. The number of aromatic nitrogens is 1. The van der Waals surface area contributed by atoms with Gasteiger partial charge in [0.1, 0.15) is 11.3 Å². The number of methoxy groups -OCH3 is 1. The second-order valence-electron chi connectivity index (χ2n) is 5.90. The Labute approximate surface area is 155 Å². The maximum atomic E-state index is 12.4. The second kappa shape index (κ2) is 7.31. The van der Waals surface area contributed by atoms with Gasteiger partial charge in [0.05, 0.1) is 30.7 Å². The van der Waals surface area contributed by atoms with Crippen LogP contribution in [0.5, 0.6) is 5.75 Å². The number of benzene rings is 2. The van der Waals surface area contributed by atoms with Crippen LogP contribution >= 0.6 is 11.3 Å². The van der Waals surface area contributed by atoms with Crippen molar-refractivity contribution in [2.24, 2.45) is 0 Å². The molecule has 1 aromatic heterocycles. The van der Waals surface area contributed by atoms with Gasteiger partial charge in [-0.25, -0.2) is 4.98 Å². The first-order chi connectivity index (χ1) is 12.8. The molecule has 3 aromatic rings. The Balaban J connectivity index is 1.69. The summed E-state index contributed by atoms with van der Waals surface area (Å²) in [7, 11) is 1.63. The summed E-state index contributed by atoms with van der Waals surface area (Å²) in [5.41, 5.74) is 2.47. The molecular weight excluding hydrogens is 350 g/mol. The molecule has 2 aromatic carbocycles. The van der Waals surface area contributed by atoms with Crippen LogP contribution in [0.25, 0.3) is 10.2 Å².